The van der Waals surface area contributed by atoms with Crippen molar-refractivity contribution in [2.24, 2.45) is 11.8 Å². The second kappa shape index (κ2) is 16.1. The summed E-state index contributed by atoms with van der Waals surface area (Å²) in [6.45, 7) is 21.9. The minimum atomic E-state index is -2.56. The van der Waals surface area contributed by atoms with Gasteiger partial charge in [-0.05, 0) is 76.2 Å². The number of aromatic nitrogens is 1. The van der Waals surface area contributed by atoms with Crippen molar-refractivity contribution in [3.05, 3.63) is 23.9 Å². The van der Waals surface area contributed by atoms with Crippen molar-refractivity contribution in [2.45, 2.75) is 98.6 Å². The van der Waals surface area contributed by atoms with Crippen LogP contribution >= 0.6 is 0 Å². The van der Waals surface area contributed by atoms with Gasteiger partial charge in [-0.2, -0.15) is 0 Å². The Kier molecular flexibility index (Phi) is 13.9. The third kappa shape index (κ3) is 9.71. The Bertz CT molecular complexity index is 783. The van der Waals surface area contributed by atoms with Gasteiger partial charge in [0, 0.05) is 51.5 Å². The van der Waals surface area contributed by atoms with E-state index in [9.17, 15) is 8.78 Å². The number of pyridine rings is 1. The molecule has 4 rings (SSSR count). The lowest BCUT2D eigenvalue weighted by Crippen LogP contribution is -2.61. The van der Waals surface area contributed by atoms with E-state index in [1.807, 2.05) is 11.1 Å². The van der Waals surface area contributed by atoms with Crippen molar-refractivity contribution >= 4 is 5.82 Å². The molecular formula is C31H57F2N5. The Morgan fingerprint density at radius 3 is 2.18 bits per heavy atom. The van der Waals surface area contributed by atoms with Crippen LogP contribution in [0.25, 0.3) is 0 Å². The van der Waals surface area contributed by atoms with Crippen LogP contribution in [-0.2, 0) is 0 Å². The van der Waals surface area contributed by atoms with Crippen LogP contribution in [0.5, 0.6) is 0 Å². The van der Waals surface area contributed by atoms with Gasteiger partial charge in [-0.25, -0.2) is 13.8 Å². The van der Waals surface area contributed by atoms with Crippen molar-refractivity contribution in [3.8, 4) is 0 Å². The minimum Gasteiger partial charge on any atom is -0.356 e. The number of likely N-dealkylation sites (tertiary alicyclic amines) is 1. The smallest absolute Gasteiger partial charge is 0.275 e. The highest BCUT2D eigenvalue weighted by Crippen LogP contribution is 2.32. The number of hydrogen-bond acceptors (Lipinski definition) is 5. The molecule has 0 bridgehead atoms. The van der Waals surface area contributed by atoms with E-state index in [2.05, 4.69) is 75.4 Å². The first-order chi connectivity index (χ1) is 18.1. The zero-order chi connectivity index (χ0) is 28.3. The number of piperidine rings is 1. The fourth-order valence-corrected chi connectivity index (χ4v) is 5.78. The van der Waals surface area contributed by atoms with Crippen molar-refractivity contribution in [1.29, 1.82) is 0 Å². The van der Waals surface area contributed by atoms with E-state index >= 15 is 0 Å². The Balaban J connectivity index is 0.000000245. The lowest BCUT2D eigenvalue weighted by atomic mass is 9.91. The summed E-state index contributed by atoms with van der Waals surface area (Å²) in [5.41, 5.74) is 1.30. The summed E-state index contributed by atoms with van der Waals surface area (Å²) in [4.78, 5) is 13.1. The molecule has 5 nitrogen and oxygen atoms in total. The number of alkyl halides is 2. The summed E-state index contributed by atoms with van der Waals surface area (Å²) < 4.78 is 28.3. The number of piperazine rings is 1. The van der Waals surface area contributed by atoms with E-state index in [4.69, 9.17) is 0 Å². The second-order valence-corrected chi connectivity index (χ2v) is 11.9. The van der Waals surface area contributed by atoms with E-state index in [1.54, 1.807) is 11.9 Å². The molecule has 0 aliphatic carbocycles. The van der Waals surface area contributed by atoms with E-state index in [0.29, 0.717) is 12.5 Å². The molecule has 220 valence electrons. The number of anilines is 1. The number of hydrogen-bond donors (Lipinski definition) is 0. The molecule has 0 amide bonds. The van der Waals surface area contributed by atoms with E-state index < -0.39 is 12.0 Å². The fourth-order valence-electron chi connectivity index (χ4n) is 5.78. The van der Waals surface area contributed by atoms with Crippen LogP contribution in [0.1, 0.15) is 79.2 Å². The van der Waals surface area contributed by atoms with Crippen LogP contribution in [-0.4, -0.2) is 97.1 Å². The largest absolute Gasteiger partial charge is 0.356 e. The first kappa shape index (κ1) is 32.9. The van der Waals surface area contributed by atoms with Crippen LogP contribution in [0.3, 0.4) is 0 Å². The summed E-state index contributed by atoms with van der Waals surface area (Å²) in [6, 6.07) is 4.27. The predicted octanol–water partition coefficient (Wildman–Crippen LogP) is 6.42. The maximum Gasteiger partial charge on any atom is 0.275 e. The number of halogens is 2. The van der Waals surface area contributed by atoms with Crippen LogP contribution in [0.2, 0.25) is 0 Å². The zero-order valence-electron chi connectivity index (χ0n) is 25.7. The second-order valence-electron chi connectivity index (χ2n) is 11.9. The SMILES string of the molecule is CCC.CCC(C)C1CCN(c2cc(C)ccn2)C1.CCC(C)N1CCN(C2CCN(C)CC2(F)F)CC1. The molecule has 3 fully saturated rings. The molecule has 4 heterocycles. The van der Waals surface area contributed by atoms with E-state index in [0.717, 1.165) is 56.8 Å². The van der Waals surface area contributed by atoms with Gasteiger partial charge in [0.25, 0.3) is 5.92 Å². The lowest BCUT2D eigenvalue weighted by Gasteiger charge is -2.46. The lowest BCUT2D eigenvalue weighted by molar-refractivity contribution is -0.130. The molecule has 0 radical (unpaired) electrons. The van der Waals surface area contributed by atoms with Crippen molar-refractivity contribution in [3.63, 3.8) is 0 Å². The van der Waals surface area contributed by atoms with Gasteiger partial charge in [-0.3, -0.25) is 9.80 Å². The highest BCUT2D eigenvalue weighted by molar-refractivity contribution is 5.41. The van der Waals surface area contributed by atoms with E-state index in [-0.39, 0.29) is 6.54 Å². The normalized spacial score (nSPS) is 26.1. The molecule has 1 aromatic rings. The summed E-state index contributed by atoms with van der Waals surface area (Å²) in [5.74, 6) is 0.291. The molecule has 3 aliphatic rings. The molecule has 7 heteroatoms. The Labute approximate surface area is 233 Å². The molecule has 4 unspecified atom stereocenters. The van der Waals surface area contributed by atoms with Crippen molar-refractivity contribution < 1.29 is 8.78 Å². The summed E-state index contributed by atoms with van der Waals surface area (Å²) in [6.07, 6.45) is 7.50. The molecule has 4 atom stereocenters. The third-order valence-corrected chi connectivity index (χ3v) is 8.65. The first-order valence-corrected chi connectivity index (χ1v) is 15.3. The van der Waals surface area contributed by atoms with Crippen LogP contribution in [0.4, 0.5) is 14.6 Å². The average Bonchev–Trinajstić information content (AvgIpc) is 3.39. The average molecular weight is 538 g/mol. The quantitative estimate of drug-likeness (QED) is 0.417. The van der Waals surface area contributed by atoms with Gasteiger partial charge < -0.3 is 9.80 Å². The summed E-state index contributed by atoms with van der Waals surface area (Å²) in [7, 11) is 1.78. The maximum atomic E-state index is 14.1. The van der Waals surface area contributed by atoms with E-state index in [1.165, 1.54) is 37.9 Å². The monoisotopic (exact) mass is 537 g/mol. The number of nitrogens with zero attached hydrogens (tertiary/aromatic N) is 5. The highest BCUT2D eigenvalue weighted by Gasteiger charge is 2.47. The molecule has 0 spiro atoms. The molecule has 38 heavy (non-hydrogen) atoms. The minimum absolute atomic E-state index is 0.0940. The Morgan fingerprint density at radius 2 is 1.63 bits per heavy atom. The Morgan fingerprint density at radius 1 is 0.974 bits per heavy atom. The number of aryl methyl sites for hydroxylation is 1. The van der Waals surface area contributed by atoms with Gasteiger partial charge in [-0.1, -0.05) is 47.5 Å². The molecule has 0 aromatic carbocycles. The predicted molar refractivity (Wildman–Crippen MR) is 158 cm³/mol. The molecule has 3 saturated heterocycles. The zero-order valence-corrected chi connectivity index (χ0v) is 25.7. The van der Waals surface area contributed by atoms with Crippen molar-refractivity contribution in [2.75, 3.05) is 64.3 Å². The van der Waals surface area contributed by atoms with Gasteiger partial charge in [0.15, 0.2) is 0 Å². The summed E-state index contributed by atoms with van der Waals surface area (Å²) in [5, 5.41) is 0. The molecule has 0 saturated carbocycles. The first-order valence-electron chi connectivity index (χ1n) is 15.3. The molecule has 0 N–H and O–H groups in total. The van der Waals surface area contributed by atoms with Gasteiger partial charge >= 0.3 is 0 Å². The molecular weight excluding hydrogens is 480 g/mol. The van der Waals surface area contributed by atoms with Gasteiger partial charge in [0.2, 0.25) is 0 Å². The maximum absolute atomic E-state index is 14.1. The standard InChI is InChI=1S/C14H27F2N3.C14H22N2.C3H8/c1-4-12(2)18-7-9-19(10-8-18)13-5-6-17(3)11-14(13,15)16;1-4-12(3)13-6-8-16(10-13)14-9-11(2)5-7-15-14;1-3-2/h12-13H,4-11H2,1-3H3;5,7,9,12-13H,4,6,8,10H2,1-3H3;3H2,1-2H3. The van der Waals surface area contributed by atoms with Gasteiger partial charge in [0.1, 0.15) is 5.82 Å². The molecule has 3 aliphatic heterocycles. The third-order valence-electron chi connectivity index (χ3n) is 8.65. The van der Waals surface area contributed by atoms with Crippen LogP contribution in [0.15, 0.2) is 18.3 Å². The Hall–Kier alpha value is -1.31. The van der Waals surface area contributed by atoms with Crippen LogP contribution in [0, 0.1) is 18.8 Å². The molecule has 1 aromatic heterocycles. The highest BCUT2D eigenvalue weighted by atomic mass is 19.3. The fraction of sp³-hybridized carbons (Fsp3) is 0.839. The van der Waals surface area contributed by atoms with Crippen LogP contribution < -0.4 is 4.90 Å². The van der Waals surface area contributed by atoms with Crippen molar-refractivity contribution in [1.82, 2.24) is 19.7 Å². The topological polar surface area (TPSA) is 25.9 Å². The summed E-state index contributed by atoms with van der Waals surface area (Å²) >= 11 is 0. The van der Waals surface area contributed by atoms with Gasteiger partial charge in [-0.15, -0.1) is 0 Å². The number of rotatable bonds is 6. The van der Waals surface area contributed by atoms with Gasteiger partial charge in [0.05, 0.1) is 12.6 Å².